The molecule has 23 heavy (non-hydrogen) atoms. The maximum atomic E-state index is 11.0. The average molecular weight is 367 g/mol. The first-order chi connectivity index (χ1) is 11.1. The van der Waals surface area contributed by atoms with E-state index in [0.29, 0.717) is 6.42 Å². The van der Waals surface area contributed by atoms with Gasteiger partial charge >= 0.3 is 5.97 Å². The lowest BCUT2D eigenvalue weighted by atomic mass is 10.0. The van der Waals surface area contributed by atoms with E-state index >= 15 is 0 Å². The van der Waals surface area contributed by atoms with E-state index in [0.717, 1.165) is 25.7 Å². The summed E-state index contributed by atoms with van der Waals surface area (Å²) in [6.45, 7) is 2.22. The van der Waals surface area contributed by atoms with Gasteiger partial charge in [0, 0.05) is 17.2 Å². The molecular formula is C19H36Cl2O2. The highest BCUT2D eigenvalue weighted by molar-refractivity contribution is 6.29. The molecule has 0 radical (unpaired) electrons. The quantitative estimate of drug-likeness (QED) is 0.169. The Morgan fingerprint density at radius 2 is 1.22 bits per heavy atom. The minimum atomic E-state index is -0.0940. The first-order valence-corrected chi connectivity index (χ1v) is 10.3. The Balaban J connectivity index is 3.34. The van der Waals surface area contributed by atoms with Crippen molar-refractivity contribution < 1.29 is 9.53 Å². The summed E-state index contributed by atoms with van der Waals surface area (Å²) in [5.41, 5.74) is 0. The van der Waals surface area contributed by atoms with Crippen LogP contribution in [-0.4, -0.2) is 23.8 Å². The molecule has 0 fully saturated rings. The summed E-state index contributed by atoms with van der Waals surface area (Å²) in [6.07, 6.45) is 15.9. The minimum absolute atomic E-state index is 0.0940. The molecule has 0 saturated heterocycles. The third-order valence-corrected chi connectivity index (χ3v) is 5.49. The van der Waals surface area contributed by atoms with Crippen LogP contribution in [-0.2, 0) is 9.53 Å². The summed E-state index contributed by atoms with van der Waals surface area (Å²) < 4.78 is 4.63. The fraction of sp³-hybridized carbons (Fsp3) is 0.947. The number of alkyl halides is 2. The van der Waals surface area contributed by atoms with Gasteiger partial charge in [-0.1, -0.05) is 71.1 Å². The highest BCUT2D eigenvalue weighted by atomic mass is 35.5. The van der Waals surface area contributed by atoms with E-state index in [-0.39, 0.29) is 16.7 Å². The van der Waals surface area contributed by atoms with Crippen LogP contribution < -0.4 is 0 Å². The Bertz CT molecular complexity index is 272. The first kappa shape index (κ1) is 23.1. The van der Waals surface area contributed by atoms with Crippen molar-refractivity contribution in [2.24, 2.45) is 0 Å². The van der Waals surface area contributed by atoms with E-state index in [2.05, 4.69) is 11.7 Å². The highest BCUT2D eigenvalue weighted by Gasteiger charge is 2.15. The molecular weight excluding hydrogens is 331 g/mol. The van der Waals surface area contributed by atoms with E-state index in [4.69, 9.17) is 23.2 Å². The number of carbonyl (C=O) groups is 1. The molecule has 0 spiro atoms. The fourth-order valence-electron chi connectivity index (χ4n) is 2.72. The number of ether oxygens (including phenoxy) is 1. The molecule has 0 N–H and O–H groups in total. The van der Waals surface area contributed by atoms with Crippen LogP contribution in [0.1, 0.15) is 96.8 Å². The summed E-state index contributed by atoms with van der Waals surface area (Å²) >= 11 is 12.8. The van der Waals surface area contributed by atoms with Crippen molar-refractivity contribution in [3.63, 3.8) is 0 Å². The number of hydrogen-bond donors (Lipinski definition) is 0. The third kappa shape index (κ3) is 15.3. The molecule has 2 nitrogen and oxygen atoms in total. The highest BCUT2D eigenvalue weighted by Crippen LogP contribution is 2.22. The first-order valence-electron chi connectivity index (χ1n) is 9.46. The van der Waals surface area contributed by atoms with E-state index < -0.39 is 0 Å². The van der Waals surface area contributed by atoms with Gasteiger partial charge in [-0.15, -0.1) is 23.2 Å². The largest absolute Gasteiger partial charge is 0.469 e. The molecule has 0 unspecified atom stereocenters. The predicted molar refractivity (Wildman–Crippen MR) is 102 cm³/mol. The van der Waals surface area contributed by atoms with Gasteiger partial charge in [-0.3, -0.25) is 4.79 Å². The normalized spacial score (nSPS) is 13.7. The molecule has 0 aliphatic carbocycles. The summed E-state index contributed by atoms with van der Waals surface area (Å²) in [5, 5.41) is 0.255. The van der Waals surface area contributed by atoms with Gasteiger partial charge in [0.1, 0.15) is 0 Å². The van der Waals surface area contributed by atoms with Gasteiger partial charge in [0.25, 0.3) is 0 Å². The zero-order valence-electron chi connectivity index (χ0n) is 15.1. The van der Waals surface area contributed by atoms with E-state index in [9.17, 15) is 4.79 Å². The van der Waals surface area contributed by atoms with Crippen molar-refractivity contribution in [3.05, 3.63) is 0 Å². The standard InChI is InChI=1S/C19H36Cl2O2/c1-3-4-5-11-14-17(20)18(21)15-12-9-7-6-8-10-13-16-19(22)23-2/h17-18H,3-16H2,1-2H3/t17-,18-/m0/s1. The van der Waals surface area contributed by atoms with Gasteiger partial charge < -0.3 is 4.74 Å². The van der Waals surface area contributed by atoms with E-state index in [1.807, 2.05) is 0 Å². The van der Waals surface area contributed by atoms with Crippen molar-refractivity contribution in [3.8, 4) is 0 Å². The van der Waals surface area contributed by atoms with Gasteiger partial charge in [-0.2, -0.15) is 0 Å². The number of halogens is 2. The second kappa shape index (κ2) is 16.9. The Hall–Kier alpha value is 0.0500. The second-order valence-corrected chi connectivity index (χ2v) is 7.59. The van der Waals surface area contributed by atoms with E-state index in [1.54, 1.807) is 0 Å². The Morgan fingerprint density at radius 1 is 0.783 bits per heavy atom. The lowest BCUT2D eigenvalue weighted by Gasteiger charge is -2.15. The molecule has 0 aliphatic rings. The molecule has 0 bridgehead atoms. The van der Waals surface area contributed by atoms with Crippen molar-refractivity contribution in [2.45, 2.75) is 108 Å². The van der Waals surface area contributed by atoms with Crippen molar-refractivity contribution in [2.75, 3.05) is 7.11 Å². The van der Waals surface area contributed by atoms with Crippen LogP contribution in [0.2, 0.25) is 0 Å². The number of rotatable bonds is 16. The maximum Gasteiger partial charge on any atom is 0.305 e. The Kier molecular flexibility index (Phi) is 16.9. The van der Waals surface area contributed by atoms with Crippen LogP contribution in [0, 0.1) is 0 Å². The number of hydrogen-bond acceptors (Lipinski definition) is 2. The molecule has 0 rings (SSSR count). The van der Waals surface area contributed by atoms with Gasteiger partial charge in [0.2, 0.25) is 0 Å². The van der Waals surface area contributed by atoms with Crippen LogP contribution in [0.3, 0.4) is 0 Å². The van der Waals surface area contributed by atoms with Crippen LogP contribution >= 0.6 is 23.2 Å². The molecule has 0 heterocycles. The maximum absolute atomic E-state index is 11.0. The monoisotopic (exact) mass is 366 g/mol. The summed E-state index contributed by atoms with van der Waals surface area (Å²) in [5.74, 6) is -0.0940. The molecule has 0 amide bonds. The lowest BCUT2D eigenvalue weighted by Crippen LogP contribution is -2.14. The van der Waals surface area contributed by atoms with Gasteiger partial charge in [0.15, 0.2) is 0 Å². The minimum Gasteiger partial charge on any atom is -0.469 e. The van der Waals surface area contributed by atoms with Gasteiger partial charge in [-0.25, -0.2) is 0 Å². The van der Waals surface area contributed by atoms with Crippen molar-refractivity contribution in [1.82, 2.24) is 0 Å². The van der Waals surface area contributed by atoms with Crippen LogP contribution in [0.25, 0.3) is 0 Å². The predicted octanol–water partition coefficient (Wildman–Crippen LogP) is 6.86. The lowest BCUT2D eigenvalue weighted by molar-refractivity contribution is -0.140. The summed E-state index contributed by atoms with van der Waals surface area (Å²) in [4.78, 5) is 11.0. The molecule has 4 heteroatoms. The molecule has 138 valence electrons. The molecule has 0 aromatic heterocycles. The average Bonchev–Trinajstić information content (AvgIpc) is 2.56. The van der Waals surface area contributed by atoms with Gasteiger partial charge in [0.05, 0.1) is 7.11 Å². The molecule has 0 aliphatic heterocycles. The molecule has 0 aromatic rings. The smallest absolute Gasteiger partial charge is 0.305 e. The molecule has 2 atom stereocenters. The Morgan fingerprint density at radius 3 is 1.70 bits per heavy atom. The third-order valence-electron chi connectivity index (χ3n) is 4.31. The topological polar surface area (TPSA) is 26.3 Å². The summed E-state index contributed by atoms with van der Waals surface area (Å²) in [7, 11) is 1.45. The summed E-state index contributed by atoms with van der Waals surface area (Å²) in [6, 6.07) is 0. The zero-order chi connectivity index (χ0) is 17.3. The SMILES string of the molecule is CCCCCC[C@H](Cl)[C@@H](Cl)CCCCCCCCCC(=O)OC. The number of methoxy groups -OCH3 is 1. The van der Waals surface area contributed by atoms with Crippen LogP contribution in [0.15, 0.2) is 0 Å². The van der Waals surface area contributed by atoms with Crippen molar-refractivity contribution in [1.29, 1.82) is 0 Å². The van der Waals surface area contributed by atoms with Crippen molar-refractivity contribution >= 4 is 29.2 Å². The van der Waals surface area contributed by atoms with Crippen LogP contribution in [0.5, 0.6) is 0 Å². The Labute approximate surface area is 153 Å². The zero-order valence-corrected chi connectivity index (χ0v) is 16.6. The fourth-order valence-corrected chi connectivity index (χ4v) is 3.28. The van der Waals surface area contributed by atoms with Gasteiger partial charge in [-0.05, 0) is 19.3 Å². The number of unbranched alkanes of at least 4 members (excludes halogenated alkanes) is 9. The van der Waals surface area contributed by atoms with E-state index in [1.165, 1.54) is 64.9 Å². The second-order valence-electron chi connectivity index (χ2n) is 6.47. The molecule has 0 saturated carbocycles. The van der Waals surface area contributed by atoms with Crippen LogP contribution in [0.4, 0.5) is 0 Å². The molecule has 0 aromatic carbocycles. The number of carbonyl (C=O) groups excluding carboxylic acids is 1. The number of esters is 1.